The summed E-state index contributed by atoms with van der Waals surface area (Å²) in [5, 5.41) is 5.00. The number of aryl methyl sites for hydroxylation is 2. The lowest BCUT2D eigenvalue weighted by Gasteiger charge is -2.26. The van der Waals surface area contributed by atoms with E-state index in [9.17, 15) is 9.59 Å². The van der Waals surface area contributed by atoms with Crippen LogP contribution >= 0.6 is 11.3 Å². The van der Waals surface area contributed by atoms with Crippen LogP contribution < -0.4 is 10.2 Å². The fourth-order valence-electron chi connectivity index (χ4n) is 2.80. The van der Waals surface area contributed by atoms with Gasteiger partial charge in [0.2, 0.25) is 11.8 Å². The second-order valence-electron chi connectivity index (χ2n) is 5.77. The van der Waals surface area contributed by atoms with E-state index in [1.54, 1.807) is 16.2 Å². The first-order chi connectivity index (χ1) is 11.1. The predicted octanol–water partition coefficient (Wildman–Crippen LogP) is 2.91. The van der Waals surface area contributed by atoms with E-state index in [1.165, 1.54) is 10.4 Å². The Morgan fingerprint density at radius 3 is 2.96 bits per heavy atom. The molecule has 1 aliphatic rings. The van der Waals surface area contributed by atoms with Gasteiger partial charge in [-0.1, -0.05) is 18.2 Å². The van der Waals surface area contributed by atoms with Crippen LogP contribution in [0.1, 0.15) is 28.8 Å². The number of amides is 2. The van der Waals surface area contributed by atoms with E-state index in [2.05, 4.69) is 17.4 Å². The van der Waals surface area contributed by atoms with E-state index in [0.717, 1.165) is 24.1 Å². The van der Waals surface area contributed by atoms with Crippen LogP contribution in [0.5, 0.6) is 0 Å². The highest BCUT2D eigenvalue weighted by molar-refractivity contribution is 7.09. The molecule has 0 radical (unpaired) electrons. The standard InChI is InChI=1S/C18H20N2O2S/c1-20-16-7-4-13(11-14(16)5-9-18(20)22)12-19-17(21)8-6-15-3-2-10-23-15/h2-4,7,10-11H,5-6,8-9,12H2,1H3,(H,19,21). The van der Waals surface area contributed by atoms with Crippen LogP contribution in [0, 0.1) is 0 Å². The maximum absolute atomic E-state index is 11.9. The molecule has 5 heteroatoms. The first kappa shape index (κ1) is 15.7. The number of nitrogens with zero attached hydrogens (tertiary/aromatic N) is 1. The Hall–Kier alpha value is -2.14. The maximum Gasteiger partial charge on any atom is 0.227 e. The third-order valence-electron chi connectivity index (χ3n) is 4.16. The second kappa shape index (κ2) is 6.96. The normalized spacial score (nSPS) is 13.8. The van der Waals surface area contributed by atoms with Crippen LogP contribution in [0.4, 0.5) is 5.69 Å². The molecule has 23 heavy (non-hydrogen) atoms. The molecule has 1 aromatic heterocycles. The quantitative estimate of drug-likeness (QED) is 0.917. The van der Waals surface area contributed by atoms with Gasteiger partial charge in [-0.15, -0.1) is 11.3 Å². The zero-order valence-electron chi connectivity index (χ0n) is 13.2. The third kappa shape index (κ3) is 3.79. The molecule has 0 saturated heterocycles. The van der Waals surface area contributed by atoms with Crippen LogP contribution in [0.2, 0.25) is 0 Å². The van der Waals surface area contributed by atoms with Crippen molar-refractivity contribution in [3.8, 4) is 0 Å². The van der Waals surface area contributed by atoms with Crippen LogP contribution in [0.15, 0.2) is 35.7 Å². The highest BCUT2D eigenvalue weighted by atomic mass is 32.1. The number of rotatable bonds is 5. The van der Waals surface area contributed by atoms with E-state index in [0.29, 0.717) is 19.4 Å². The Morgan fingerprint density at radius 1 is 1.30 bits per heavy atom. The molecule has 0 fully saturated rings. The van der Waals surface area contributed by atoms with Gasteiger partial charge in [0.25, 0.3) is 0 Å². The fraction of sp³-hybridized carbons (Fsp3) is 0.333. The molecule has 0 bridgehead atoms. The Bertz CT molecular complexity index is 710. The largest absolute Gasteiger partial charge is 0.352 e. The number of fused-ring (bicyclic) bond motifs is 1. The van der Waals surface area contributed by atoms with Crippen LogP contribution in [0.25, 0.3) is 0 Å². The monoisotopic (exact) mass is 328 g/mol. The van der Waals surface area contributed by atoms with Gasteiger partial charge < -0.3 is 10.2 Å². The number of anilines is 1. The number of hydrogen-bond donors (Lipinski definition) is 1. The first-order valence-corrected chi connectivity index (χ1v) is 8.69. The van der Waals surface area contributed by atoms with E-state index < -0.39 is 0 Å². The summed E-state index contributed by atoms with van der Waals surface area (Å²) < 4.78 is 0. The van der Waals surface area contributed by atoms with Crippen LogP contribution in [-0.4, -0.2) is 18.9 Å². The minimum absolute atomic E-state index is 0.0726. The molecule has 0 atom stereocenters. The Labute approximate surface area is 140 Å². The number of thiophene rings is 1. The Balaban J connectivity index is 1.54. The van der Waals surface area contributed by atoms with Gasteiger partial charge >= 0.3 is 0 Å². The molecule has 4 nitrogen and oxygen atoms in total. The van der Waals surface area contributed by atoms with Crippen molar-refractivity contribution in [2.75, 3.05) is 11.9 Å². The highest BCUT2D eigenvalue weighted by Gasteiger charge is 2.20. The summed E-state index contributed by atoms with van der Waals surface area (Å²) in [5.41, 5.74) is 3.24. The number of benzene rings is 1. The molecule has 120 valence electrons. The molecule has 0 spiro atoms. The summed E-state index contributed by atoms with van der Waals surface area (Å²) in [4.78, 5) is 26.6. The molecule has 1 N–H and O–H groups in total. The summed E-state index contributed by atoms with van der Waals surface area (Å²) in [7, 11) is 1.81. The van der Waals surface area contributed by atoms with Gasteiger partial charge in [-0.05, 0) is 41.5 Å². The molecule has 1 aliphatic heterocycles. The minimum Gasteiger partial charge on any atom is -0.352 e. The zero-order chi connectivity index (χ0) is 16.2. The summed E-state index contributed by atoms with van der Waals surface area (Å²) in [6.45, 7) is 0.536. The van der Waals surface area contributed by atoms with Gasteiger partial charge in [-0.3, -0.25) is 9.59 Å². The van der Waals surface area contributed by atoms with E-state index in [-0.39, 0.29) is 11.8 Å². The molecular weight excluding hydrogens is 308 g/mol. The molecule has 2 heterocycles. The van der Waals surface area contributed by atoms with Gasteiger partial charge in [0.1, 0.15) is 0 Å². The average Bonchev–Trinajstić information content (AvgIpc) is 3.08. The first-order valence-electron chi connectivity index (χ1n) is 7.81. The molecule has 2 aromatic rings. The van der Waals surface area contributed by atoms with Crippen LogP contribution in [0.3, 0.4) is 0 Å². The van der Waals surface area contributed by atoms with Gasteiger partial charge in [0.05, 0.1) is 0 Å². The van der Waals surface area contributed by atoms with Crippen molar-refractivity contribution in [3.05, 3.63) is 51.7 Å². The lowest BCUT2D eigenvalue weighted by molar-refractivity contribution is -0.121. The summed E-state index contributed by atoms with van der Waals surface area (Å²) in [6.07, 6.45) is 2.64. The van der Waals surface area contributed by atoms with Crippen molar-refractivity contribution >= 4 is 28.8 Å². The number of carbonyl (C=O) groups is 2. The molecule has 0 unspecified atom stereocenters. The van der Waals surface area contributed by atoms with Crippen molar-refractivity contribution in [2.24, 2.45) is 0 Å². The summed E-state index contributed by atoms with van der Waals surface area (Å²) in [5.74, 6) is 0.232. The lowest BCUT2D eigenvalue weighted by Crippen LogP contribution is -2.31. The van der Waals surface area contributed by atoms with E-state index in [1.807, 2.05) is 30.6 Å². The SMILES string of the molecule is CN1C(=O)CCc2cc(CNC(=O)CCc3cccs3)ccc21. The number of nitrogens with one attached hydrogen (secondary N) is 1. The number of hydrogen-bond acceptors (Lipinski definition) is 3. The topological polar surface area (TPSA) is 49.4 Å². The lowest BCUT2D eigenvalue weighted by atomic mass is 9.99. The Morgan fingerprint density at radius 2 is 2.17 bits per heavy atom. The summed E-state index contributed by atoms with van der Waals surface area (Å²) >= 11 is 1.68. The third-order valence-corrected chi connectivity index (χ3v) is 5.09. The molecule has 3 rings (SSSR count). The molecule has 1 aromatic carbocycles. The molecular formula is C18H20N2O2S. The molecule has 0 aliphatic carbocycles. The average molecular weight is 328 g/mol. The summed E-state index contributed by atoms with van der Waals surface area (Å²) in [6, 6.07) is 10.1. The van der Waals surface area contributed by atoms with Gasteiger partial charge in [0.15, 0.2) is 0 Å². The minimum atomic E-state index is 0.0726. The smallest absolute Gasteiger partial charge is 0.227 e. The second-order valence-corrected chi connectivity index (χ2v) is 6.80. The van der Waals surface area contributed by atoms with Gasteiger partial charge in [0, 0.05) is 37.0 Å². The van der Waals surface area contributed by atoms with Crippen molar-refractivity contribution in [1.29, 1.82) is 0 Å². The van der Waals surface area contributed by atoms with Crippen LogP contribution in [-0.2, 0) is 29.0 Å². The maximum atomic E-state index is 11.9. The van der Waals surface area contributed by atoms with Gasteiger partial charge in [-0.2, -0.15) is 0 Å². The fourth-order valence-corrected chi connectivity index (χ4v) is 3.51. The molecule has 2 amide bonds. The zero-order valence-corrected chi connectivity index (χ0v) is 14.0. The van der Waals surface area contributed by atoms with Crippen molar-refractivity contribution in [2.45, 2.75) is 32.2 Å². The Kier molecular flexibility index (Phi) is 4.76. The molecule has 0 saturated carbocycles. The highest BCUT2D eigenvalue weighted by Crippen LogP contribution is 2.27. The van der Waals surface area contributed by atoms with E-state index >= 15 is 0 Å². The predicted molar refractivity (Wildman–Crippen MR) is 92.7 cm³/mol. The number of carbonyl (C=O) groups excluding carboxylic acids is 2. The van der Waals surface area contributed by atoms with Crippen molar-refractivity contribution < 1.29 is 9.59 Å². The van der Waals surface area contributed by atoms with Gasteiger partial charge in [-0.25, -0.2) is 0 Å². The van der Waals surface area contributed by atoms with Crippen molar-refractivity contribution in [1.82, 2.24) is 5.32 Å². The van der Waals surface area contributed by atoms with Crippen molar-refractivity contribution in [3.63, 3.8) is 0 Å². The van der Waals surface area contributed by atoms with E-state index in [4.69, 9.17) is 0 Å².